The van der Waals surface area contributed by atoms with Gasteiger partial charge in [-0.15, -0.1) is 0 Å². The van der Waals surface area contributed by atoms with E-state index in [1.165, 1.54) is 0 Å². The standard InChI is InChI=1S/C17H18N2O/c1-3-4-10-20-16-7-5-6-14(11-16)17-9-8-15(12-18)13(2)19-17/h5-9,11H,3-4,10H2,1-2H3. The topological polar surface area (TPSA) is 45.9 Å². The molecule has 0 bridgehead atoms. The number of hydrogen-bond acceptors (Lipinski definition) is 3. The third kappa shape index (κ3) is 3.36. The number of nitriles is 1. The number of nitrogens with zero attached hydrogens (tertiary/aromatic N) is 2. The van der Waals surface area contributed by atoms with E-state index in [0.29, 0.717) is 5.56 Å². The zero-order chi connectivity index (χ0) is 14.4. The number of aryl methyl sites for hydroxylation is 1. The predicted molar refractivity (Wildman–Crippen MR) is 79.5 cm³/mol. The van der Waals surface area contributed by atoms with Crippen LogP contribution in [-0.2, 0) is 0 Å². The molecule has 0 radical (unpaired) electrons. The molecule has 0 aliphatic carbocycles. The van der Waals surface area contributed by atoms with Crippen LogP contribution in [0.1, 0.15) is 31.0 Å². The quantitative estimate of drug-likeness (QED) is 0.765. The van der Waals surface area contributed by atoms with E-state index < -0.39 is 0 Å². The molecule has 0 aliphatic rings. The molecule has 0 saturated heterocycles. The molecule has 0 aliphatic heterocycles. The van der Waals surface area contributed by atoms with Crippen molar-refractivity contribution in [3.8, 4) is 23.1 Å². The van der Waals surface area contributed by atoms with Crippen LogP contribution >= 0.6 is 0 Å². The Bertz CT molecular complexity index is 629. The Morgan fingerprint density at radius 2 is 2.10 bits per heavy atom. The molecule has 0 unspecified atom stereocenters. The van der Waals surface area contributed by atoms with Gasteiger partial charge in [0.15, 0.2) is 0 Å². The van der Waals surface area contributed by atoms with Crippen molar-refractivity contribution in [1.82, 2.24) is 4.98 Å². The lowest BCUT2D eigenvalue weighted by Gasteiger charge is -2.08. The maximum Gasteiger partial charge on any atom is 0.119 e. The summed E-state index contributed by atoms with van der Waals surface area (Å²) in [6.45, 7) is 4.73. The van der Waals surface area contributed by atoms with Crippen molar-refractivity contribution in [2.75, 3.05) is 6.61 Å². The third-order valence-electron chi connectivity index (χ3n) is 3.10. The second kappa shape index (κ2) is 6.72. The highest BCUT2D eigenvalue weighted by Gasteiger charge is 2.04. The minimum absolute atomic E-state index is 0.615. The molecule has 1 heterocycles. The smallest absolute Gasteiger partial charge is 0.119 e. The number of aromatic nitrogens is 1. The van der Waals surface area contributed by atoms with Crippen LogP contribution in [0.5, 0.6) is 5.75 Å². The van der Waals surface area contributed by atoms with Gasteiger partial charge in [-0.05, 0) is 37.6 Å². The summed E-state index contributed by atoms with van der Waals surface area (Å²) in [6.07, 6.45) is 2.18. The average Bonchev–Trinajstić information content (AvgIpc) is 2.48. The van der Waals surface area contributed by atoms with Crippen LogP contribution in [-0.4, -0.2) is 11.6 Å². The van der Waals surface area contributed by atoms with E-state index in [0.717, 1.165) is 42.1 Å². The average molecular weight is 266 g/mol. The normalized spacial score (nSPS) is 10.1. The number of rotatable bonds is 5. The first kappa shape index (κ1) is 14.1. The Hall–Kier alpha value is -2.34. The zero-order valence-electron chi connectivity index (χ0n) is 11.9. The Morgan fingerprint density at radius 1 is 1.25 bits per heavy atom. The van der Waals surface area contributed by atoms with Crippen molar-refractivity contribution >= 4 is 0 Å². The number of pyridine rings is 1. The molecule has 1 aromatic carbocycles. The minimum atomic E-state index is 0.615. The van der Waals surface area contributed by atoms with Crippen LogP contribution < -0.4 is 4.74 Å². The van der Waals surface area contributed by atoms with E-state index in [1.54, 1.807) is 0 Å². The number of unbranched alkanes of at least 4 members (excludes halogenated alkanes) is 1. The highest BCUT2D eigenvalue weighted by Crippen LogP contribution is 2.23. The molecule has 102 valence electrons. The highest BCUT2D eigenvalue weighted by atomic mass is 16.5. The fourth-order valence-electron chi connectivity index (χ4n) is 1.92. The van der Waals surface area contributed by atoms with Gasteiger partial charge in [0.1, 0.15) is 11.8 Å². The van der Waals surface area contributed by atoms with E-state index in [1.807, 2.05) is 43.3 Å². The number of ether oxygens (including phenoxy) is 1. The van der Waals surface area contributed by atoms with E-state index in [4.69, 9.17) is 10.00 Å². The maximum atomic E-state index is 8.93. The highest BCUT2D eigenvalue weighted by molar-refractivity contribution is 5.62. The molecule has 0 amide bonds. The predicted octanol–water partition coefficient (Wildman–Crippen LogP) is 4.11. The summed E-state index contributed by atoms with van der Waals surface area (Å²) >= 11 is 0. The fourth-order valence-corrected chi connectivity index (χ4v) is 1.92. The van der Waals surface area contributed by atoms with Gasteiger partial charge in [0.05, 0.1) is 23.6 Å². The molecule has 20 heavy (non-hydrogen) atoms. The van der Waals surface area contributed by atoms with Gasteiger partial charge in [0.25, 0.3) is 0 Å². The summed E-state index contributed by atoms with van der Waals surface area (Å²) in [5.41, 5.74) is 3.24. The van der Waals surface area contributed by atoms with Crippen LogP contribution in [0.3, 0.4) is 0 Å². The maximum absolute atomic E-state index is 8.93. The van der Waals surface area contributed by atoms with Crippen molar-refractivity contribution in [2.45, 2.75) is 26.7 Å². The molecule has 3 nitrogen and oxygen atoms in total. The molecule has 0 spiro atoms. The largest absolute Gasteiger partial charge is 0.494 e. The lowest BCUT2D eigenvalue weighted by molar-refractivity contribution is 0.309. The summed E-state index contributed by atoms with van der Waals surface area (Å²) in [6, 6.07) is 13.7. The van der Waals surface area contributed by atoms with Crippen molar-refractivity contribution in [3.05, 3.63) is 47.7 Å². The van der Waals surface area contributed by atoms with Gasteiger partial charge < -0.3 is 4.74 Å². The van der Waals surface area contributed by atoms with Crippen LogP contribution in [0.2, 0.25) is 0 Å². The number of benzene rings is 1. The first-order valence-corrected chi connectivity index (χ1v) is 6.85. The third-order valence-corrected chi connectivity index (χ3v) is 3.10. The van der Waals surface area contributed by atoms with Crippen LogP contribution in [0, 0.1) is 18.3 Å². The van der Waals surface area contributed by atoms with Crippen molar-refractivity contribution < 1.29 is 4.74 Å². The summed E-state index contributed by atoms with van der Waals surface area (Å²) in [5.74, 6) is 0.861. The van der Waals surface area contributed by atoms with Gasteiger partial charge in [0.2, 0.25) is 0 Å². The lowest BCUT2D eigenvalue weighted by Crippen LogP contribution is -1.97. The Balaban J connectivity index is 2.22. The monoisotopic (exact) mass is 266 g/mol. The minimum Gasteiger partial charge on any atom is -0.494 e. The fraction of sp³-hybridized carbons (Fsp3) is 0.294. The molecular weight excluding hydrogens is 248 g/mol. The molecule has 3 heteroatoms. The van der Waals surface area contributed by atoms with Gasteiger partial charge in [-0.3, -0.25) is 4.98 Å². The van der Waals surface area contributed by atoms with Crippen molar-refractivity contribution in [1.29, 1.82) is 5.26 Å². The van der Waals surface area contributed by atoms with Gasteiger partial charge in [0, 0.05) is 5.56 Å². The zero-order valence-corrected chi connectivity index (χ0v) is 11.9. The second-order valence-electron chi connectivity index (χ2n) is 4.67. The molecule has 0 N–H and O–H groups in total. The number of hydrogen-bond donors (Lipinski definition) is 0. The molecule has 0 atom stereocenters. The van der Waals surface area contributed by atoms with Gasteiger partial charge >= 0.3 is 0 Å². The molecular formula is C17H18N2O. The lowest BCUT2D eigenvalue weighted by atomic mass is 10.1. The van der Waals surface area contributed by atoms with E-state index in [-0.39, 0.29) is 0 Å². The van der Waals surface area contributed by atoms with E-state index >= 15 is 0 Å². The van der Waals surface area contributed by atoms with Gasteiger partial charge in [-0.25, -0.2) is 0 Å². The van der Waals surface area contributed by atoms with Crippen molar-refractivity contribution in [2.24, 2.45) is 0 Å². The summed E-state index contributed by atoms with van der Waals surface area (Å²) in [5, 5.41) is 8.93. The molecule has 2 rings (SSSR count). The van der Waals surface area contributed by atoms with Gasteiger partial charge in [-0.1, -0.05) is 25.5 Å². The Kier molecular flexibility index (Phi) is 4.73. The first-order valence-electron chi connectivity index (χ1n) is 6.85. The SMILES string of the molecule is CCCCOc1cccc(-c2ccc(C#N)c(C)n2)c1. The molecule has 2 aromatic rings. The van der Waals surface area contributed by atoms with Crippen LogP contribution in [0.15, 0.2) is 36.4 Å². The van der Waals surface area contributed by atoms with Crippen molar-refractivity contribution in [3.63, 3.8) is 0 Å². The first-order chi connectivity index (χ1) is 9.74. The summed E-state index contributed by atoms with van der Waals surface area (Å²) in [7, 11) is 0. The Labute approximate surface area is 119 Å². The van der Waals surface area contributed by atoms with E-state index in [2.05, 4.69) is 18.0 Å². The molecule has 0 saturated carbocycles. The molecule has 1 aromatic heterocycles. The van der Waals surface area contributed by atoms with E-state index in [9.17, 15) is 0 Å². The Morgan fingerprint density at radius 3 is 2.80 bits per heavy atom. The van der Waals surface area contributed by atoms with Gasteiger partial charge in [-0.2, -0.15) is 5.26 Å². The van der Waals surface area contributed by atoms with Crippen LogP contribution in [0.25, 0.3) is 11.3 Å². The van der Waals surface area contributed by atoms with Crippen LogP contribution in [0.4, 0.5) is 0 Å². The summed E-state index contributed by atoms with van der Waals surface area (Å²) < 4.78 is 5.70. The summed E-state index contributed by atoms with van der Waals surface area (Å²) in [4.78, 5) is 4.47. The second-order valence-corrected chi connectivity index (χ2v) is 4.67. The molecule has 0 fully saturated rings.